The summed E-state index contributed by atoms with van der Waals surface area (Å²) in [6, 6.07) is 80.5. The van der Waals surface area contributed by atoms with Gasteiger partial charge in [-0.3, -0.25) is 0 Å². The zero-order valence-electron chi connectivity index (χ0n) is 31.7. The van der Waals surface area contributed by atoms with Crippen LogP contribution in [0.2, 0.25) is 0 Å². The Morgan fingerprint density at radius 2 is 0.741 bits per heavy atom. The second kappa shape index (κ2) is 14.1. The minimum atomic E-state index is 0.844. The van der Waals surface area contributed by atoms with Crippen LogP contribution in [-0.4, -0.2) is 0 Å². The topological polar surface area (TPSA) is 16.4 Å². The number of fused-ring (bicyclic) bond motifs is 5. The van der Waals surface area contributed by atoms with Gasteiger partial charge >= 0.3 is 0 Å². The smallest absolute Gasteiger partial charge is 0.159 e. The summed E-state index contributed by atoms with van der Waals surface area (Å²) < 4.78 is 7.12. The quantitative estimate of drug-likeness (QED) is 0.162. The van der Waals surface area contributed by atoms with Gasteiger partial charge in [-0.05, 0) is 103 Å². The Balaban J connectivity index is 1.11. The Bertz CT molecular complexity index is 3120. The number of rotatable bonds is 7. The van der Waals surface area contributed by atoms with Crippen LogP contribution in [-0.2, 0) is 0 Å². The summed E-state index contributed by atoms with van der Waals surface area (Å²) >= 11 is 0. The standard InChI is InChI=1S/C56H37NO/c1-3-14-38(15-4-1)44-36-52(41-16-5-2-6-17-41)55-53(37-44)51-26-13-27-54(56(51)58-55)57(45-32-28-42(29-33-45)49-24-11-20-39-18-7-9-22-47(39)49)46-34-30-43(31-35-46)50-25-12-21-40-19-8-10-23-48(40)50/h1-37H. The predicted octanol–water partition coefficient (Wildman–Crippen LogP) is 16.0. The van der Waals surface area contributed by atoms with Crippen LogP contribution >= 0.6 is 0 Å². The zero-order valence-corrected chi connectivity index (χ0v) is 31.7. The van der Waals surface area contributed by atoms with Crippen LogP contribution in [0, 0.1) is 0 Å². The molecular weight excluding hydrogens is 703 g/mol. The Hall–Kier alpha value is -7.68. The minimum Gasteiger partial charge on any atom is -0.453 e. The first-order chi connectivity index (χ1) is 28.8. The Kier molecular flexibility index (Phi) is 8.19. The van der Waals surface area contributed by atoms with E-state index in [1.54, 1.807) is 0 Å². The highest BCUT2D eigenvalue weighted by Gasteiger charge is 2.22. The lowest BCUT2D eigenvalue weighted by Gasteiger charge is -2.26. The van der Waals surface area contributed by atoms with Crippen LogP contribution in [0.1, 0.15) is 0 Å². The van der Waals surface area contributed by atoms with Crippen LogP contribution in [0.25, 0.3) is 88.0 Å². The molecule has 0 aliphatic rings. The lowest BCUT2D eigenvalue weighted by Crippen LogP contribution is -2.10. The fourth-order valence-corrected chi connectivity index (χ4v) is 8.65. The number of furan rings is 1. The van der Waals surface area contributed by atoms with E-state index in [1.807, 2.05) is 0 Å². The summed E-state index contributed by atoms with van der Waals surface area (Å²) in [5.41, 5.74) is 14.1. The summed E-state index contributed by atoms with van der Waals surface area (Å²) in [5, 5.41) is 7.13. The molecule has 0 aliphatic carbocycles. The molecule has 11 aromatic rings. The van der Waals surface area contributed by atoms with Crippen molar-refractivity contribution in [1.82, 2.24) is 0 Å². The molecule has 0 fully saturated rings. The zero-order chi connectivity index (χ0) is 38.4. The first-order valence-corrected chi connectivity index (χ1v) is 19.8. The fraction of sp³-hybridized carbons (Fsp3) is 0. The molecule has 0 spiro atoms. The molecule has 0 unspecified atom stereocenters. The number of hydrogen-bond donors (Lipinski definition) is 0. The molecule has 0 saturated carbocycles. The van der Waals surface area contributed by atoms with Crippen molar-refractivity contribution in [3.63, 3.8) is 0 Å². The molecule has 10 aromatic carbocycles. The van der Waals surface area contributed by atoms with Gasteiger partial charge in [0.1, 0.15) is 5.58 Å². The van der Waals surface area contributed by atoms with E-state index in [9.17, 15) is 0 Å². The Morgan fingerprint density at radius 3 is 1.33 bits per heavy atom. The number of hydrogen-bond acceptors (Lipinski definition) is 2. The molecule has 2 nitrogen and oxygen atoms in total. The van der Waals surface area contributed by atoms with Crippen molar-refractivity contribution in [2.45, 2.75) is 0 Å². The van der Waals surface area contributed by atoms with Gasteiger partial charge < -0.3 is 9.32 Å². The summed E-state index contributed by atoms with van der Waals surface area (Å²) in [6.07, 6.45) is 0. The molecule has 1 heterocycles. The SMILES string of the molecule is c1ccc(-c2cc(-c3ccccc3)c3oc4c(N(c5ccc(-c6cccc7ccccc67)cc5)c5ccc(-c6cccc7ccccc67)cc5)cccc4c3c2)cc1. The number of benzene rings is 10. The average molecular weight is 740 g/mol. The monoisotopic (exact) mass is 739 g/mol. The lowest BCUT2D eigenvalue weighted by atomic mass is 9.95. The van der Waals surface area contributed by atoms with Gasteiger partial charge in [0.25, 0.3) is 0 Å². The normalized spacial score (nSPS) is 11.4. The number of nitrogens with zero attached hydrogens (tertiary/aromatic N) is 1. The second-order valence-electron chi connectivity index (χ2n) is 14.9. The third-order valence-corrected chi connectivity index (χ3v) is 11.5. The van der Waals surface area contributed by atoms with Crippen molar-refractivity contribution in [3.05, 3.63) is 224 Å². The van der Waals surface area contributed by atoms with Crippen LogP contribution in [0.3, 0.4) is 0 Å². The maximum Gasteiger partial charge on any atom is 0.159 e. The molecule has 2 heteroatoms. The third-order valence-electron chi connectivity index (χ3n) is 11.5. The van der Waals surface area contributed by atoms with E-state index in [4.69, 9.17) is 4.42 Å². The van der Waals surface area contributed by atoms with E-state index in [0.717, 1.165) is 55.7 Å². The first-order valence-electron chi connectivity index (χ1n) is 19.8. The lowest BCUT2D eigenvalue weighted by molar-refractivity contribution is 0.670. The highest BCUT2D eigenvalue weighted by Crippen LogP contribution is 2.46. The van der Waals surface area contributed by atoms with Crippen molar-refractivity contribution in [1.29, 1.82) is 0 Å². The van der Waals surface area contributed by atoms with Crippen molar-refractivity contribution < 1.29 is 4.42 Å². The van der Waals surface area contributed by atoms with Gasteiger partial charge in [0, 0.05) is 27.7 Å². The average Bonchev–Trinajstić information content (AvgIpc) is 3.69. The molecule has 0 aliphatic heterocycles. The molecule has 1 aromatic heterocycles. The summed E-state index contributed by atoms with van der Waals surface area (Å²) in [7, 11) is 0. The third kappa shape index (κ3) is 5.82. The van der Waals surface area contributed by atoms with E-state index < -0.39 is 0 Å². The van der Waals surface area contributed by atoms with Gasteiger partial charge in [-0.2, -0.15) is 0 Å². The molecule has 11 rings (SSSR count). The highest BCUT2D eigenvalue weighted by molar-refractivity contribution is 6.15. The van der Waals surface area contributed by atoms with Crippen molar-refractivity contribution >= 4 is 60.5 Å². The van der Waals surface area contributed by atoms with Gasteiger partial charge in [-0.1, -0.05) is 182 Å². The van der Waals surface area contributed by atoms with Gasteiger partial charge in [0.05, 0.1) is 5.69 Å². The van der Waals surface area contributed by atoms with Crippen molar-refractivity contribution in [3.8, 4) is 44.5 Å². The molecule has 272 valence electrons. The molecule has 0 amide bonds. The Morgan fingerprint density at radius 1 is 0.276 bits per heavy atom. The van der Waals surface area contributed by atoms with E-state index in [-0.39, 0.29) is 0 Å². The second-order valence-corrected chi connectivity index (χ2v) is 14.9. The molecular formula is C56H37NO. The predicted molar refractivity (Wildman–Crippen MR) is 245 cm³/mol. The molecule has 0 saturated heterocycles. The summed E-state index contributed by atoms with van der Waals surface area (Å²) in [4.78, 5) is 2.34. The van der Waals surface area contributed by atoms with Gasteiger partial charge in [0.2, 0.25) is 0 Å². The first kappa shape index (κ1) is 33.6. The van der Waals surface area contributed by atoms with Crippen LogP contribution in [0.15, 0.2) is 229 Å². The van der Waals surface area contributed by atoms with Crippen molar-refractivity contribution in [2.24, 2.45) is 0 Å². The Labute approximate surface area is 337 Å². The van der Waals surface area contributed by atoms with Gasteiger partial charge in [-0.25, -0.2) is 0 Å². The maximum atomic E-state index is 7.12. The van der Waals surface area contributed by atoms with Gasteiger partial charge in [0.15, 0.2) is 5.58 Å². The molecule has 0 radical (unpaired) electrons. The minimum absolute atomic E-state index is 0.844. The van der Waals surface area contributed by atoms with E-state index in [0.29, 0.717) is 0 Å². The molecule has 58 heavy (non-hydrogen) atoms. The molecule has 0 N–H and O–H groups in total. The highest BCUT2D eigenvalue weighted by atomic mass is 16.3. The largest absolute Gasteiger partial charge is 0.453 e. The maximum absolute atomic E-state index is 7.12. The summed E-state index contributed by atoms with van der Waals surface area (Å²) in [5.74, 6) is 0. The van der Waals surface area contributed by atoms with Crippen LogP contribution in [0.5, 0.6) is 0 Å². The summed E-state index contributed by atoms with van der Waals surface area (Å²) in [6.45, 7) is 0. The van der Waals surface area contributed by atoms with E-state index in [1.165, 1.54) is 49.4 Å². The fourth-order valence-electron chi connectivity index (χ4n) is 8.65. The molecule has 0 atom stereocenters. The van der Waals surface area contributed by atoms with Crippen LogP contribution in [0.4, 0.5) is 17.1 Å². The molecule has 0 bridgehead atoms. The van der Waals surface area contributed by atoms with Crippen LogP contribution < -0.4 is 4.90 Å². The number of anilines is 3. The number of para-hydroxylation sites is 1. The van der Waals surface area contributed by atoms with E-state index in [2.05, 4.69) is 229 Å². The van der Waals surface area contributed by atoms with Gasteiger partial charge in [-0.15, -0.1) is 0 Å². The van der Waals surface area contributed by atoms with E-state index >= 15 is 0 Å². The van der Waals surface area contributed by atoms with Crippen molar-refractivity contribution in [2.75, 3.05) is 4.90 Å².